The van der Waals surface area contributed by atoms with Gasteiger partial charge in [-0.05, 0) is 47.0 Å². The van der Waals surface area contributed by atoms with E-state index in [2.05, 4.69) is 76.7 Å². The molecule has 4 heterocycles. The number of furan rings is 2. The Hall–Kier alpha value is -7.77. The predicted molar refractivity (Wildman–Crippen MR) is 223 cm³/mol. The fourth-order valence-corrected chi connectivity index (χ4v) is 7.63. The highest BCUT2D eigenvalue weighted by atomic mass is 16.3. The van der Waals surface area contributed by atoms with Gasteiger partial charge < -0.3 is 8.83 Å². The van der Waals surface area contributed by atoms with Crippen molar-refractivity contribution in [3.63, 3.8) is 0 Å². The number of benzene rings is 7. The number of nitrogens with zero attached hydrogens (tertiary/aromatic N) is 5. The molecule has 0 unspecified atom stereocenters. The first-order valence-electron chi connectivity index (χ1n) is 18.4. The zero-order valence-electron chi connectivity index (χ0n) is 29.8. The van der Waals surface area contributed by atoms with Crippen molar-refractivity contribution < 1.29 is 8.83 Å². The monoisotopic (exact) mass is 719 g/mol. The first kappa shape index (κ1) is 31.7. The highest BCUT2D eigenvalue weighted by molar-refractivity contribution is 6.11. The molecule has 0 amide bonds. The molecule has 4 aromatic heterocycles. The average Bonchev–Trinajstić information content (AvgIpc) is 3.86. The Morgan fingerprint density at radius 3 is 1.34 bits per heavy atom. The Balaban J connectivity index is 1.15. The lowest BCUT2D eigenvalue weighted by Crippen LogP contribution is -2.00. The second-order valence-electron chi connectivity index (χ2n) is 13.7. The van der Waals surface area contributed by atoms with Gasteiger partial charge in [-0.25, -0.2) is 24.9 Å². The van der Waals surface area contributed by atoms with E-state index in [-0.39, 0.29) is 0 Å². The summed E-state index contributed by atoms with van der Waals surface area (Å²) in [5.74, 6) is 1.69. The van der Waals surface area contributed by atoms with Crippen LogP contribution in [0.2, 0.25) is 0 Å². The quantitative estimate of drug-likeness (QED) is 0.169. The summed E-state index contributed by atoms with van der Waals surface area (Å²) < 4.78 is 13.1. The third-order valence-electron chi connectivity index (χ3n) is 10.3. The Labute approximate surface area is 320 Å². The minimum atomic E-state index is 0.547. The first-order chi connectivity index (χ1) is 27.7. The fraction of sp³-hybridized carbons (Fsp3) is 0. The van der Waals surface area contributed by atoms with Gasteiger partial charge in [0.2, 0.25) is 0 Å². The summed E-state index contributed by atoms with van der Waals surface area (Å²) in [6.07, 6.45) is 5.14. The van der Waals surface area contributed by atoms with E-state index in [0.29, 0.717) is 17.5 Å². The number of rotatable bonds is 6. The van der Waals surface area contributed by atoms with Crippen molar-refractivity contribution in [3.05, 3.63) is 176 Å². The maximum atomic E-state index is 6.57. The molecule has 0 N–H and O–H groups in total. The third-order valence-corrected chi connectivity index (χ3v) is 10.3. The molecule has 0 saturated carbocycles. The van der Waals surface area contributed by atoms with Crippen LogP contribution in [0, 0.1) is 0 Å². The summed E-state index contributed by atoms with van der Waals surface area (Å²) in [4.78, 5) is 23.7. The van der Waals surface area contributed by atoms with Gasteiger partial charge in [0, 0.05) is 67.3 Å². The molecule has 0 atom stereocenters. The van der Waals surface area contributed by atoms with E-state index in [0.717, 1.165) is 93.9 Å². The van der Waals surface area contributed by atoms with Crippen molar-refractivity contribution in [1.82, 2.24) is 24.9 Å². The van der Waals surface area contributed by atoms with E-state index in [4.69, 9.17) is 23.8 Å². The molecule has 7 aromatic carbocycles. The van der Waals surface area contributed by atoms with Gasteiger partial charge in [-0.15, -0.1) is 0 Å². The van der Waals surface area contributed by atoms with Gasteiger partial charge in [-0.3, -0.25) is 0 Å². The smallest absolute Gasteiger partial charge is 0.164 e. The molecule has 0 aliphatic heterocycles. The zero-order valence-corrected chi connectivity index (χ0v) is 29.8. The molecular weight excluding hydrogens is 691 g/mol. The number of aromatic nitrogens is 5. The molecular formula is C49H29N5O2. The predicted octanol–water partition coefficient (Wildman–Crippen LogP) is 12.5. The lowest BCUT2D eigenvalue weighted by atomic mass is 9.94. The number of para-hydroxylation sites is 4. The van der Waals surface area contributed by atoms with Crippen molar-refractivity contribution in [2.24, 2.45) is 0 Å². The van der Waals surface area contributed by atoms with Crippen LogP contribution < -0.4 is 0 Å². The topological polar surface area (TPSA) is 90.7 Å². The Kier molecular flexibility index (Phi) is 7.35. The SMILES string of the molecule is c1ccc(-c2nc(-c3ccc(-c4cncnc4)cc3)nc(-c3cc(-c4cccc5c4oc4ccccc45)cc(-c4cccc5c4oc4ccccc45)c3)n2)cc1. The van der Waals surface area contributed by atoms with E-state index in [1.165, 1.54) is 6.33 Å². The van der Waals surface area contributed by atoms with Crippen molar-refractivity contribution in [2.45, 2.75) is 0 Å². The van der Waals surface area contributed by atoms with Gasteiger partial charge in [0.1, 0.15) is 28.7 Å². The fourth-order valence-electron chi connectivity index (χ4n) is 7.63. The highest BCUT2D eigenvalue weighted by Gasteiger charge is 2.19. The molecule has 0 aliphatic rings. The lowest BCUT2D eigenvalue weighted by Gasteiger charge is -2.13. The van der Waals surface area contributed by atoms with Crippen LogP contribution in [0.25, 0.3) is 111 Å². The van der Waals surface area contributed by atoms with Crippen molar-refractivity contribution >= 4 is 43.9 Å². The third kappa shape index (κ3) is 5.41. The van der Waals surface area contributed by atoms with Crippen LogP contribution in [0.15, 0.2) is 185 Å². The van der Waals surface area contributed by atoms with Gasteiger partial charge in [-0.2, -0.15) is 0 Å². The summed E-state index contributed by atoms with van der Waals surface area (Å²) in [6.45, 7) is 0. The van der Waals surface area contributed by atoms with Gasteiger partial charge in [0.05, 0.1) is 0 Å². The van der Waals surface area contributed by atoms with Crippen molar-refractivity contribution in [1.29, 1.82) is 0 Å². The van der Waals surface area contributed by atoms with Crippen LogP contribution in [0.5, 0.6) is 0 Å². The zero-order chi connectivity index (χ0) is 37.0. The van der Waals surface area contributed by atoms with Crippen LogP contribution in [0.1, 0.15) is 0 Å². The van der Waals surface area contributed by atoms with Crippen LogP contribution in [0.4, 0.5) is 0 Å². The Morgan fingerprint density at radius 1 is 0.321 bits per heavy atom. The molecule has 0 fully saturated rings. The van der Waals surface area contributed by atoms with E-state index in [9.17, 15) is 0 Å². The van der Waals surface area contributed by atoms with Crippen LogP contribution >= 0.6 is 0 Å². The van der Waals surface area contributed by atoms with E-state index < -0.39 is 0 Å². The summed E-state index contributed by atoms with van der Waals surface area (Å²) in [6, 6.07) is 53.7. The molecule has 56 heavy (non-hydrogen) atoms. The second-order valence-corrected chi connectivity index (χ2v) is 13.7. The maximum absolute atomic E-state index is 6.57. The minimum Gasteiger partial charge on any atom is -0.455 e. The summed E-state index contributed by atoms with van der Waals surface area (Å²) >= 11 is 0. The molecule has 7 heteroatoms. The normalized spacial score (nSPS) is 11.6. The van der Waals surface area contributed by atoms with Crippen LogP contribution in [-0.4, -0.2) is 24.9 Å². The second kappa shape index (κ2) is 13.0. The summed E-state index contributed by atoms with van der Waals surface area (Å²) in [7, 11) is 0. The van der Waals surface area contributed by atoms with E-state index >= 15 is 0 Å². The summed E-state index contributed by atoms with van der Waals surface area (Å²) in [5.41, 5.74) is 11.7. The number of hydrogen-bond acceptors (Lipinski definition) is 7. The molecule has 0 spiro atoms. The molecule has 7 nitrogen and oxygen atoms in total. The Bertz CT molecular complexity index is 3110. The standard InChI is InChI=1S/C49H29N5O2/c1-2-10-31(11-3-1)47-52-48(32-22-20-30(21-23-32)36-27-50-29-51-28-36)54-49(53-47)35-25-33(37-14-8-16-41-39-12-4-6-18-43(39)55-45(37)41)24-34(26-35)38-15-9-17-42-40-13-5-7-19-44(40)56-46(38)42/h1-29H. The molecule has 0 aliphatic carbocycles. The van der Waals surface area contributed by atoms with E-state index in [1.54, 1.807) is 12.4 Å². The van der Waals surface area contributed by atoms with E-state index in [1.807, 2.05) is 91.0 Å². The van der Waals surface area contributed by atoms with Gasteiger partial charge in [-0.1, -0.05) is 127 Å². The van der Waals surface area contributed by atoms with Gasteiger partial charge >= 0.3 is 0 Å². The first-order valence-corrected chi connectivity index (χ1v) is 18.4. The molecule has 0 saturated heterocycles. The van der Waals surface area contributed by atoms with Crippen molar-refractivity contribution in [3.8, 4) is 67.5 Å². The lowest BCUT2D eigenvalue weighted by molar-refractivity contribution is 0.670. The molecule has 262 valence electrons. The number of hydrogen-bond donors (Lipinski definition) is 0. The Morgan fingerprint density at radius 2 is 0.768 bits per heavy atom. The van der Waals surface area contributed by atoms with Gasteiger partial charge in [0.15, 0.2) is 17.5 Å². The minimum absolute atomic E-state index is 0.547. The highest BCUT2D eigenvalue weighted by Crippen LogP contribution is 2.42. The molecule has 0 radical (unpaired) electrons. The van der Waals surface area contributed by atoms with Crippen LogP contribution in [-0.2, 0) is 0 Å². The largest absolute Gasteiger partial charge is 0.455 e. The summed E-state index contributed by atoms with van der Waals surface area (Å²) in [5, 5.41) is 4.27. The maximum Gasteiger partial charge on any atom is 0.164 e. The molecule has 11 aromatic rings. The van der Waals surface area contributed by atoms with Gasteiger partial charge in [0.25, 0.3) is 0 Å². The van der Waals surface area contributed by atoms with Crippen molar-refractivity contribution in [2.75, 3.05) is 0 Å². The number of fused-ring (bicyclic) bond motifs is 6. The average molecular weight is 720 g/mol. The molecule has 0 bridgehead atoms. The molecule has 11 rings (SSSR count). The van der Waals surface area contributed by atoms with Crippen LogP contribution in [0.3, 0.4) is 0 Å².